The van der Waals surface area contributed by atoms with Gasteiger partial charge in [-0.05, 0) is 18.6 Å². The van der Waals surface area contributed by atoms with Gasteiger partial charge in [-0.3, -0.25) is 15.1 Å². The molecule has 0 aliphatic heterocycles. The van der Waals surface area contributed by atoms with Crippen molar-refractivity contribution in [1.82, 2.24) is 5.32 Å². The van der Waals surface area contributed by atoms with Crippen molar-refractivity contribution in [2.45, 2.75) is 6.92 Å². The number of nitrogens with two attached hydrogens (primary N) is 1. The molecule has 0 unspecified atom stereocenters. The second-order valence-corrected chi connectivity index (χ2v) is 3.30. The van der Waals surface area contributed by atoms with Crippen LogP contribution in [0.1, 0.15) is 12.5 Å². The third-order valence-corrected chi connectivity index (χ3v) is 2.02. The highest BCUT2D eigenvalue weighted by Gasteiger charge is 2.04. The van der Waals surface area contributed by atoms with Crippen molar-refractivity contribution in [2.75, 3.05) is 7.05 Å². The van der Waals surface area contributed by atoms with Gasteiger partial charge in [0.2, 0.25) is 0 Å². The summed E-state index contributed by atoms with van der Waals surface area (Å²) in [6.45, 7) is 1.73. The Labute approximate surface area is 94.9 Å². The molecule has 4 nitrogen and oxygen atoms in total. The van der Waals surface area contributed by atoms with Crippen LogP contribution in [0.3, 0.4) is 0 Å². The zero-order valence-electron chi connectivity index (χ0n) is 9.40. The van der Waals surface area contributed by atoms with Crippen LogP contribution < -0.4 is 11.1 Å². The van der Waals surface area contributed by atoms with Gasteiger partial charge in [-0.1, -0.05) is 30.3 Å². The van der Waals surface area contributed by atoms with E-state index in [2.05, 4.69) is 10.3 Å². The van der Waals surface area contributed by atoms with E-state index in [1.165, 1.54) is 7.05 Å². The van der Waals surface area contributed by atoms with Crippen LogP contribution in [0.25, 0.3) is 6.08 Å². The van der Waals surface area contributed by atoms with E-state index in [4.69, 9.17) is 5.73 Å². The van der Waals surface area contributed by atoms with Crippen LogP contribution in [-0.4, -0.2) is 18.9 Å². The molecule has 0 aromatic heterocycles. The summed E-state index contributed by atoms with van der Waals surface area (Å²) < 4.78 is 0. The van der Waals surface area contributed by atoms with Crippen LogP contribution >= 0.6 is 0 Å². The Bertz CT molecular complexity index is 421. The van der Waals surface area contributed by atoms with Crippen molar-refractivity contribution in [3.8, 4) is 0 Å². The monoisotopic (exact) mass is 217 g/mol. The van der Waals surface area contributed by atoms with Gasteiger partial charge in [0.05, 0.1) is 0 Å². The van der Waals surface area contributed by atoms with E-state index in [0.717, 1.165) is 5.56 Å². The molecule has 0 saturated carbocycles. The molecule has 0 heterocycles. The normalized spacial score (nSPS) is 12.4. The van der Waals surface area contributed by atoms with Crippen molar-refractivity contribution in [3.05, 3.63) is 41.5 Å². The van der Waals surface area contributed by atoms with E-state index < -0.39 is 0 Å². The number of hydrogen-bond acceptors (Lipinski definition) is 2. The standard InChI is InChI=1S/C12H15N3O/c1-9(11(16)15-12(13)14-2)8-10-6-4-3-5-7-10/h3-8H,1-2H3,(H3,13,14,15,16)/b9-8+. The molecule has 0 spiro atoms. The van der Waals surface area contributed by atoms with Crippen molar-refractivity contribution in [2.24, 2.45) is 10.7 Å². The number of nitrogens with one attached hydrogen (secondary N) is 1. The van der Waals surface area contributed by atoms with Gasteiger partial charge in [0.25, 0.3) is 5.91 Å². The second-order valence-electron chi connectivity index (χ2n) is 3.30. The molecule has 0 fully saturated rings. The number of hydrogen-bond donors (Lipinski definition) is 2. The van der Waals surface area contributed by atoms with Crippen LogP contribution in [0.15, 0.2) is 40.9 Å². The third-order valence-electron chi connectivity index (χ3n) is 2.02. The molecule has 16 heavy (non-hydrogen) atoms. The zero-order chi connectivity index (χ0) is 12.0. The van der Waals surface area contributed by atoms with E-state index >= 15 is 0 Å². The van der Waals surface area contributed by atoms with E-state index in [1.54, 1.807) is 13.0 Å². The van der Waals surface area contributed by atoms with Gasteiger partial charge < -0.3 is 5.73 Å². The number of amides is 1. The number of benzene rings is 1. The Hall–Kier alpha value is -2.10. The molecule has 1 amide bonds. The summed E-state index contributed by atoms with van der Waals surface area (Å²) in [7, 11) is 1.52. The summed E-state index contributed by atoms with van der Waals surface area (Å²) in [6, 6.07) is 9.61. The molecule has 1 aromatic carbocycles. The molecule has 0 aliphatic rings. The van der Waals surface area contributed by atoms with Crippen molar-refractivity contribution in [1.29, 1.82) is 0 Å². The van der Waals surface area contributed by atoms with Gasteiger partial charge in [-0.25, -0.2) is 0 Å². The Morgan fingerprint density at radius 2 is 2.00 bits per heavy atom. The molecular weight excluding hydrogens is 202 g/mol. The second kappa shape index (κ2) is 5.70. The number of carbonyl (C=O) groups excluding carboxylic acids is 1. The Kier molecular flexibility index (Phi) is 4.27. The van der Waals surface area contributed by atoms with E-state index in [1.807, 2.05) is 30.3 Å². The lowest BCUT2D eigenvalue weighted by atomic mass is 10.1. The predicted octanol–water partition coefficient (Wildman–Crippen LogP) is 1.15. The molecule has 1 aromatic rings. The highest BCUT2D eigenvalue weighted by atomic mass is 16.1. The lowest BCUT2D eigenvalue weighted by Crippen LogP contribution is -2.36. The number of rotatable bonds is 2. The SMILES string of the molecule is CN=C(N)NC(=O)/C(C)=C/c1ccccc1. The summed E-state index contributed by atoms with van der Waals surface area (Å²) in [5.41, 5.74) is 6.95. The Morgan fingerprint density at radius 1 is 1.38 bits per heavy atom. The molecule has 0 atom stereocenters. The van der Waals surface area contributed by atoms with Crippen molar-refractivity contribution >= 4 is 17.9 Å². The Balaban J connectivity index is 2.75. The minimum absolute atomic E-state index is 0.116. The van der Waals surface area contributed by atoms with Gasteiger partial charge in [0, 0.05) is 12.6 Å². The van der Waals surface area contributed by atoms with Crippen LogP contribution in [0.5, 0.6) is 0 Å². The average molecular weight is 217 g/mol. The van der Waals surface area contributed by atoms with E-state index in [0.29, 0.717) is 5.57 Å². The van der Waals surface area contributed by atoms with Gasteiger partial charge in [-0.2, -0.15) is 0 Å². The van der Waals surface area contributed by atoms with Crippen molar-refractivity contribution in [3.63, 3.8) is 0 Å². The number of carbonyl (C=O) groups is 1. The van der Waals surface area contributed by atoms with E-state index in [-0.39, 0.29) is 11.9 Å². The maximum atomic E-state index is 11.6. The maximum absolute atomic E-state index is 11.6. The number of nitrogens with zero attached hydrogens (tertiary/aromatic N) is 1. The van der Waals surface area contributed by atoms with Crippen LogP contribution in [0.2, 0.25) is 0 Å². The molecule has 0 aliphatic carbocycles. The first kappa shape index (κ1) is 12.0. The first-order valence-electron chi connectivity index (χ1n) is 4.90. The topological polar surface area (TPSA) is 67.5 Å². The van der Waals surface area contributed by atoms with E-state index in [9.17, 15) is 4.79 Å². The number of aliphatic imine (C=N–C) groups is 1. The van der Waals surface area contributed by atoms with Gasteiger partial charge in [0.15, 0.2) is 5.96 Å². The highest BCUT2D eigenvalue weighted by Crippen LogP contribution is 2.05. The minimum Gasteiger partial charge on any atom is -0.370 e. The van der Waals surface area contributed by atoms with Gasteiger partial charge in [0.1, 0.15) is 0 Å². The highest BCUT2D eigenvalue weighted by molar-refractivity contribution is 6.06. The first-order chi connectivity index (χ1) is 7.63. The smallest absolute Gasteiger partial charge is 0.253 e. The minimum atomic E-state index is -0.244. The predicted molar refractivity (Wildman–Crippen MR) is 65.8 cm³/mol. The summed E-state index contributed by atoms with van der Waals surface area (Å²) >= 11 is 0. The summed E-state index contributed by atoms with van der Waals surface area (Å²) in [5, 5.41) is 2.47. The summed E-state index contributed by atoms with van der Waals surface area (Å²) in [6.07, 6.45) is 1.79. The lowest BCUT2D eigenvalue weighted by Gasteiger charge is -2.03. The molecule has 1 rings (SSSR count). The fourth-order valence-corrected chi connectivity index (χ4v) is 1.14. The molecule has 4 heteroatoms. The summed E-state index contributed by atoms with van der Waals surface area (Å²) in [5.74, 6) is -0.127. The van der Waals surface area contributed by atoms with Crippen molar-refractivity contribution < 1.29 is 4.79 Å². The molecule has 0 radical (unpaired) electrons. The van der Waals surface area contributed by atoms with Gasteiger partial charge >= 0.3 is 0 Å². The maximum Gasteiger partial charge on any atom is 0.253 e. The molecule has 84 valence electrons. The Morgan fingerprint density at radius 3 is 2.56 bits per heavy atom. The van der Waals surface area contributed by atoms with Crippen LogP contribution in [0, 0.1) is 0 Å². The third kappa shape index (κ3) is 3.57. The summed E-state index contributed by atoms with van der Waals surface area (Å²) in [4.78, 5) is 15.2. The van der Waals surface area contributed by atoms with Gasteiger partial charge in [-0.15, -0.1) is 0 Å². The fourth-order valence-electron chi connectivity index (χ4n) is 1.14. The molecule has 0 bridgehead atoms. The molecule has 3 N–H and O–H groups in total. The van der Waals surface area contributed by atoms with Crippen LogP contribution in [-0.2, 0) is 4.79 Å². The fraction of sp³-hybridized carbons (Fsp3) is 0.167. The average Bonchev–Trinajstić information content (AvgIpc) is 2.30. The first-order valence-corrected chi connectivity index (χ1v) is 4.90. The quantitative estimate of drug-likeness (QED) is 0.443. The molecular formula is C12H15N3O. The largest absolute Gasteiger partial charge is 0.370 e. The van der Waals surface area contributed by atoms with Crippen LogP contribution in [0.4, 0.5) is 0 Å². The lowest BCUT2D eigenvalue weighted by molar-refractivity contribution is -0.116. The number of guanidine groups is 1. The zero-order valence-corrected chi connectivity index (χ0v) is 9.40. The molecule has 0 saturated heterocycles.